The van der Waals surface area contributed by atoms with E-state index in [1.807, 2.05) is 0 Å². The molecule has 178 valence electrons. The van der Waals surface area contributed by atoms with Gasteiger partial charge in [0.2, 0.25) is 0 Å². The van der Waals surface area contributed by atoms with Gasteiger partial charge in [0.15, 0.2) is 0 Å². The Hall–Kier alpha value is -4.10. The molecule has 1 heteroatoms. The van der Waals surface area contributed by atoms with Crippen LogP contribution in [0.4, 0.5) is 0 Å². The van der Waals surface area contributed by atoms with Crippen molar-refractivity contribution in [1.82, 2.24) is 4.57 Å². The van der Waals surface area contributed by atoms with Crippen LogP contribution in [0.25, 0.3) is 44.6 Å². The molecule has 1 aromatic heterocycles. The van der Waals surface area contributed by atoms with Crippen molar-refractivity contribution >= 4 is 27.8 Å². The highest BCUT2D eigenvalue weighted by Gasteiger charge is 2.38. The summed E-state index contributed by atoms with van der Waals surface area (Å²) in [5, 5.41) is 4.10. The Labute approximate surface area is 218 Å². The minimum atomic E-state index is -0.0552. The van der Waals surface area contributed by atoms with Crippen LogP contribution < -0.4 is 0 Å². The zero-order valence-corrected chi connectivity index (χ0v) is 21.5. The molecule has 0 saturated carbocycles. The maximum absolute atomic E-state index is 2.59. The molecular weight excluding hydrogens is 446 g/mol. The van der Waals surface area contributed by atoms with Gasteiger partial charge < -0.3 is 4.57 Å². The third-order valence-corrected chi connectivity index (χ3v) is 9.11. The number of benzene rings is 4. The van der Waals surface area contributed by atoms with E-state index in [0.717, 1.165) is 0 Å². The van der Waals surface area contributed by atoms with Gasteiger partial charge in [0.1, 0.15) is 0 Å². The monoisotopic (exact) mass is 475 g/mol. The number of para-hydroxylation sites is 1. The number of aromatic nitrogens is 1. The molecule has 5 aromatic rings. The lowest BCUT2D eigenvalue weighted by molar-refractivity contribution is 0.593. The van der Waals surface area contributed by atoms with Crippen LogP contribution in [0.15, 0.2) is 109 Å². The molecule has 2 atom stereocenters. The molecule has 1 nitrogen and oxygen atoms in total. The standard InChI is InChI=1S/C36H29N/c1-22-26-16-8-7-12-23(26)20-28-29-21-24-13-11-19-31-32(24)33(27-17-9-10-18-30(27)36(31,2)3)35(29)37(34(22)28)25-14-5-4-6-15-25/h4-22,26H,1-3H3. The van der Waals surface area contributed by atoms with E-state index in [-0.39, 0.29) is 5.41 Å². The lowest BCUT2D eigenvalue weighted by Crippen LogP contribution is -2.24. The summed E-state index contributed by atoms with van der Waals surface area (Å²) in [6.07, 6.45) is 11.5. The van der Waals surface area contributed by atoms with Gasteiger partial charge in [-0.05, 0) is 57.3 Å². The third-order valence-electron chi connectivity index (χ3n) is 9.11. The summed E-state index contributed by atoms with van der Waals surface area (Å²) in [5.41, 5.74) is 12.3. The first kappa shape index (κ1) is 21.0. The smallest absolute Gasteiger partial charge is 0.0622 e. The highest BCUT2D eigenvalue weighted by molar-refractivity contribution is 6.17. The Morgan fingerprint density at radius 2 is 1.59 bits per heavy atom. The van der Waals surface area contributed by atoms with Gasteiger partial charge in [-0.1, -0.05) is 106 Å². The van der Waals surface area contributed by atoms with Crippen LogP contribution in [0.1, 0.15) is 49.1 Å². The van der Waals surface area contributed by atoms with Gasteiger partial charge in [-0.15, -0.1) is 0 Å². The summed E-state index contributed by atoms with van der Waals surface area (Å²) in [7, 11) is 0. The normalized spacial score (nSPS) is 20.5. The lowest BCUT2D eigenvalue weighted by Gasteiger charge is -2.35. The highest BCUT2D eigenvalue weighted by atomic mass is 15.0. The van der Waals surface area contributed by atoms with Crippen LogP contribution in [0, 0.1) is 5.92 Å². The minimum absolute atomic E-state index is 0.0552. The fourth-order valence-corrected chi connectivity index (χ4v) is 7.39. The zero-order chi connectivity index (χ0) is 24.9. The topological polar surface area (TPSA) is 4.93 Å². The molecule has 37 heavy (non-hydrogen) atoms. The largest absolute Gasteiger partial charge is 0.312 e. The Morgan fingerprint density at radius 1 is 0.811 bits per heavy atom. The Kier molecular flexibility index (Phi) is 4.11. The summed E-state index contributed by atoms with van der Waals surface area (Å²) in [6, 6.07) is 29.4. The summed E-state index contributed by atoms with van der Waals surface area (Å²) in [6.45, 7) is 7.17. The predicted molar refractivity (Wildman–Crippen MR) is 157 cm³/mol. The van der Waals surface area contributed by atoms with Crippen LogP contribution >= 0.6 is 0 Å². The van der Waals surface area contributed by atoms with Crippen LogP contribution in [-0.4, -0.2) is 4.57 Å². The molecule has 0 spiro atoms. The van der Waals surface area contributed by atoms with Crippen LogP contribution in [-0.2, 0) is 5.41 Å². The molecule has 0 fully saturated rings. The number of hydrogen-bond donors (Lipinski definition) is 0. The average molecular weight is 476 g/mol. The van der Waals surface area contributed by atoms with Gasteiger partial charge in [0, 0.05) is 45.1 Å². The van der Waals surface area contributed by atoms with E-state index in [0.29, 0.717) is 11.8 Å². The molecular formula is C36H29N. The molecule has 0 bridgehead atoms. The van der Waals surface area contributed by atoms with Crippen molar-refractivity contribution in [2.75, 3.05) is 0 Å². The first-order chi connectivity index (χ1) is 18.1. The number of rotatable bonds is 1. The third kappa shape index (κ3) is 2.64. The first-order valence-electron chi connectivity index (χ1n) is 13.4. The maximum Gasteiger partial charge on any atom is 0.0622 e. The quantitative estimate of drug-likeness (QED) is 0.228. The van der Waals surface area contributed by atoms with Crippen molar-refractivity contribution < 1.29 is 0 Å². The molecule has 8 rings (SSSR count). The molecule has 1 heterocycles. The average Bonchev–Trinajstić information content (AvgIpc) is 3.25. The van der Waals surface area contributed by atoms with Crippen molar-refractivity contribution in [3.63, 3.8) is 0 Å². The molecule has 3 aliphatic rings. The number of nitrogens with zero attached hydrogens (tertiary/aromatic N) is 1. The number of allylic oxidation sites excluding steroid dienone is 5. The summed E-state index contributed by atoms with van der Waals surface area (Å²) < 4.78 is 2.59. The fourth-order valence-electron chi connectivity index (χ4n) is 7.39. The van der Waals surface area contributed by atoms with Crippen molar-refractivity contribution in [3.05, 3.63) is 131 Å². The van der Waals surface area contributed by atoms with Crippen LogP contribution in [0.3, 0.4) is 0 Å². The predicted octanol–water partition coefficient (Wildman–Crippen LogP) is 9.33. The second kappa shape index (κ2) is 7.23. The summed E-state index contributed by atoms with van der Waals surface area (Å²) >= 11 is 0. The second-order valence-electron chi connectivity index (χ2n) is 11.4. The van der Waals surface area contributed by atoms with E-state index in [1.165, 1.54) is 66.4 Å². The van der Waals surface area contributed by atoms with Crippen LogP contribution in [0.2, 0.25) is 0 Å². The van der Waals surface area contributed by atoms with E-state index in [9.17, 15) is 0 Å². The summed E-state index contributed by atoms with van der Waals surface area (Å²) in [4.78, 5) is 0. The van der Waals surface area contributed by atoms with Gasteiger partial charge >= 0.3 is 0 Å². The van der Waals surface area contributed by atoms with E-state index in [4.69, 9.17) is 0 Å². The molecule has 0 N–H and O–H groups in total. The van der Waals surface area contributed by atoms with Gasteiger partial charge in [-0.25, -0.2) is 0 Å². The zero-order valence-electron chi connectivity index (χ0n) is 21.5. The molecule has 0 amide bonds. The van der Waals surface area contributed by atoms with Crippen molar-refractivity contribution in [2.45, 2.75) is 32.1 Å². The van der Waals surface area contributed by atoms with Crippen molar-refractivity contribution in [2.24, 2.45) is 5.92 Å². The number of hydrogen-bond acceptors (Lipinski definition) is 0. The molecule has 4 aromatic carbocycles. The maximum atomic E-state index is 2.59. The summed E-state index contributed by atoms with van der Waals surface area (Å²) in [5.74, 6) is 0.769. The first-order valence-corrected chi connectivity index (χ1v) is 13.4. The van der Waals surface area contributed by atoms with E-state index in [2.05, 4.69) is 135 Å². The van der Waals surface area contributed by atoms with E-state index >= 15 is 0 Å². The van der Waals surface area contributed by atoms with Crippen molar-refractivity contribution in [1.29, 1.82) is 0 Å². The Morgan fingerprint density at radius 3 is 2.46 bits per heavy atom. The van der Waals surface area contributed by atoms with Crippen molar-refractivity contribution in [3.8, 4) is 16.8 Å². The van der Waals surface area contributed by atoms with Gasteiger partial charge in [0.25, 0.3) is 0 Å². The Bertz CT molecular complexity index is 1860. The molecule has 3 aliphatic carbocycles. The Balaban J connectivity index is 1.64. The van der Waals surface area contributed by atoms with Gasteiger partial charge in [-0.3, -0.25) is 0 Å². The molecule has 2 unspecified atom stereocenters. The molecule has 0 saturated heterocycles. The number of fused-ring (bicyclic) bond motifs is 7. The minimum Gasteiger partial charge on any atom is -0.312 e. The fraction of sp³-hybridized carbons (Fsp3) is 0.167. The lowest BCUT2D eigenvalue weighted by atomic mass is 9.68. The van der Waals surface area contributed by atoms with Crippen LogP contribution in [0.5, 0.6) is 0 Å². The molecule has 0 radical (unpaired) electrons. The van der Waals surface area contributed by atoms with Gasteiger partial charge in [0.05, 0.1) is 5.52 Å². The highest BCUT2D eigenvalue weighted by Crippen LogP contribution is 2.54. The second-order valence-corrected chi connectivity index (χ2v) is 11.4. The SMILES string of the molecule is CC1c2c(c3cc4cccc5c4c(c3n2-c2ccccc2)-c2ccccc2C5(C)C)C=C2C=CC=CC21. The van der Waals surface area contributed by atoms with E-state index in [1.54, 1.807) is 0 Å². The molecule has 0 aliphatic heterocycles. The van der Waals surface area contributed by atoms with Gasteiger partial charge in [-0.2, -0.15) is 0 Å². The van der Waals surface area contributed by atoms with E-state index < -0.39 is 0 Å².